The number of nitrogens with one attached hydrogen (secondary N) is 1. The molecule has 2 nitrogen and oxygen atoms in total. The van der Waals surface area contributed by atoms with Crippen LogP contribution >= 0.6 is 0 Å². The van der Waals surface area contributed by atoms with Gasteiger partial charge in [0.25, 0.3) is 0 Å². The summed E-state index contributed by atoms with van der Waals surface area (Å²) in [5.74, 6) is 0.780. The molecule has 0 aromatic heterocycles. The Bertz CT molecular complexity index is 234. The zero-order chi connectivity index (χ0) is 12.1. The molecular formula is C12H25NOSi. The Kier molecular flexibility index (Phi) is 5.87. The summed E-state index contributed by atoms with van der Waals surface area (Å²) in [6.07, 6.45) is 2.47. The molecule has 88 valence electrons. The summed E-state index contributed by atoms with van der Waals surface area (Å²) in [6.45, 7) is 14.3. The van der Waals surface area contributed by atoms with Crippen molar-refractivity contribution in [2.24, 2.45) is 5.92 Å². The molecule has 0 aliphatic rings. The first-order valence-electron chi connectivity index (χ1n) is 5.72. The summed E-state index contributed by atoms with van der Waals surface area (Å²) in [6, 6.07) is 1.16. The highest BCUT2D eigenvalue weighted by Crippen LogP contribution is 2.14. The number of hydrogen-bond donors (Lipinski definition) is 1. The standard InChI is InChI=1S/C12H25NOSi/c1-10(2)8-7-9-15(5,6)13-12(14)11(3)4/h10H,3,7-9H2,1-2,4-6H3,(H,13,14). The zero-order valence-corrected chi connectivity index (χ0v) is 11.8. The molecule has 1 amide bonds. The van der Waals surface area contributed by atoms with Gasteiger partial charge < -0.3 is 4.98 Å². The molecule has 0 unspecified atom stereocenters. The Morgan fingerprint density at radius 2 is 1.93 bits per heavy atom. The lowest BCUT2D eigenvalue weighted by molar-refractivity contribution is -0.116. The predicted molar refractivity (Wildman–Crippen MR) is 69.3 cm³/mol. The van der Waals surface area contributed by atoms with E-state index in [0.717, 1.165) is 12.0 Å². The second-order valence-corrected chi connectivity index (χ2v) is 9.92. The highest BCUT2D eigenvalue weighted by atomic mass is 28.3. The van der Waals surface area contributed by atoms with Crippen molar-refractivity contribution in [2.75, 3.05) is 0 Å². The molecule has 0 bridgehead atoms. The lowest BCUT2D eigenvalue weighted by Crippen LogP contribution is -2.48. The topological polar surface area (TPSA) is 29.1 Å². The van der Waals surface area contributed by atoms with Gasteiger partial charge in [-0.1, -0.05) is 46.4 Å². The van der Waals surface area contributed by atoms with Crippen LogP contribution in [0.15, 0.2) is 12.2 Å². The maximum absolute atomic E-state index is 11.5. The summed E-state index contributed by atoms with van der Waals surface area (Å²) in [4.78, 5) is 14.6. The maximum atomic E-state index is 11.5. The third-order valence-corrected chi connectivity index (χ3v) is 4.93. The van der Waals surface area contributed by atoms with E-state index in [-0.39, 0.29) is 5.91 Å². The van der Waals surface area contributed by atoms with Gasteiger partial charge in [0.1, 0.15) is 0 Å². The number of hydrogen-bond acceptors (Lipinski definition) is 1. The molecule has 0 aromatic rings. The van der Waals surface area contributed by atoms with Gasteiger partial charge in [0.05, 0.1) is 0 Å². The molecule has 0 saturated heterocycles. The number of amides is 1. The van der Waals surface area contributed by atoms with Crippen molar-refractivity contribution in [1.82, 2.24) is 4.98 Å². The van der Waals surface area contributed by atoms with E-state index in [9.17, 15) is 4.79 Å². The molecule has 0 heterocycles. The second kappa shape index (κ2) is 6.11. The number of carbonyl (C=O) groups is 1. The van der Waals surface area contributed by atoms with Crippen LogP contribution in [0.25, 0.3) is 0 Å². The monoisotopic (exact) mass is 227 g/mol. The summed E-state index contributed by atoms with van der Waals surface area (Å²) in [5.41, 5.74) is 0.611. The van der Waals surface area contributed by atoms with Crippen LogP contribution in [-0.2, 0) is 4.79 Å². The van der Waals surface area contributed by atoms with Crippen molar-refractivity contribution in [2.45, 2.75) is 52.8 Å². The Labute approximate surface area is 95.2 Å². The number of carbonyl (C=O) groups excluding carboxylic acids is 1. The summed E-state index contributed by atoms with van der Waals surface area (Å²) >= 11 is 0. The van der Waals surface area contributed by atoms with Crippen molar-refractivity contribution < 1.29 is 4.79 Å². The van der Waals surface area contributed by atoms with Crippen LogP contribution in [0.1, 0.15) is 33.6 Å². The molecule has 1 N–H and O–H groups in total. The van der Waals surface area contributed by atoms with E-state index in [4.69, 9.17) is 0 Å². The maximum Gasteiger partial charge on any atom is 0.238 e. The molecule has 0 saturated carbocycles. The van der Waals surface area contributed by atoms with Crippen LogP contribution in [0.4, 0.5) is 0 Å². The van der Waals surface area contributed by atoms with E-state index in [0.29, 0.717) is 5.57 Å². The SMILES string of the molecule is C=C(C)C(=O)N[Si](C)(C)CCCC(C)C. The van der Waals surface area contributed by atoms with Gasteiger partial charge in [-0.05, 0) is 18.9 Å². The molecule has 0 spiro atoms. The third kappa shape index (κ3) is 7.37. The minimum absolute atomic E-state index is 0.0243. The number of rotatable bonds is 6. The normalized spacial score (nSPS) is 11.6. The van der Waals surface area contributed by atoms with Crippen LogP contribution in [0, 0.1) is 5.92 Å². The minimum atomic E-state index is -1.56. The van der Waals surface area contributed by atoms with Gasteiger partial charge in [-0.2, -0.15) is 0 Å². The molecule has 15 heavy (non-hydrogen) atoms. The lowest BCUT2D eigenvalue weighted by Gasteiger charge is -2.24. The van der Waals surface area contributed by atoms with E-state index < -0.39 is 8.24 Å². The van der Waals surface area contributed by atoms with Gasteiger partial charge >= 0.3 is 0 Å². The van der Waals surface area contributed by atoms with E-state index >= 15 is 0 Å². The first kappa shape index (κ1) is 14.4. The summed E-state index contributed by atoms with van der Waals surface area (Å²) in [7, 11) is -1.56. The Hall–Kier alpha value is -0.573. The highest BCUT2D eigenvalue weighted by Gasteiger charge is 2.23. The molecule has 3 heteroatoms. The lowest BCUT2D eigenvalue weighted by atomic mass is 10.1. The molecule has 0 aliphatic heterocycles. The second-order valence-electron chi connectivity index (χ2n) is 5.40. The van der Waals surface area contributed by atoms with Gasteiger partial charge in [-0.25, -0.2) is 0 Å². The average molecular weight is 227 g/mol. The fraction of sp³-hybridized carbons (Fsp3) is 0.750. The van der Waals surface area contributed by atoms with Crippen LogP contribution in [0.2, 0.25) is 19.1 Å². The van der Waals surface area contributed by atoms with Crippen molar-refractivity contribution in [3.8, 4) is 0 Å². The molecule has 0 atom stereocenters. The largest absolute Gasteiger partial charge is 0.378 e. The Balaban J connectivity index is 3.96. The molecule has 0 rings (SSSR count). The Morgan fingerprint density at radius 3 is 2.33 bits per heavy atom. The van der Waals surface area contributed by atoms with Gasteiger partial charge in [0, 0.05) is 5.57 Å². The minimum Gasteiger partial charge on any atom is -0.378 e. The average Bonchev–Trinajstić information content (AvgIpc) is 2.01. The van der Waals surface area contributed by atoms with E-state index in [1.165, 1.54) is 12.8 Å². The molecule has 0 aliphatic carbocycles. The van der Waals surface area contributed by atoms with Gasteiger partial charge in [-0.3, -0.25) is 4.79 Å². The van der Waals surface area contributed by atoms with Crippen molar-refractivity contribution in [3.05, 3.63) is 12.2 Å². The van der Waals surface area contributed by atoms with E-state index in [2.05, 4.69) is 38.5 Å². The first-order valence-corrected chi connectivity index (χ1v) is 8.93. The van der Waals surface area contributed by atoms with Crippen LogP contribution in [-0.4, -0.2) is 14.1 Å². The fourth-order valence-electron chi connectivity index (χ4n) is 1.43. The van der Waals surface area contributed by atoms with Crippen LogP contribution < -0.4 is 4.98 Å². The van der Waals surface area contributed by atoms with Gasteiger partial charge in [-0.15, -0.1) is 0 Å². The van der Waals surface area contributed by atoms with Crippen LogP contribution in [0.5, 0.6) is 0 Å². The van der Waals surface area contributed by atoms with Crippen LogP contribution in [0.3, 0.4) is 0 Å². The molecule has 0 aromatic carbocycles. The fourth-order valence-corrected chi connectivity index (χ4v) is 3.47. The zero-order valence-electron chi connectivity index (χ0n) is 10.8. The van der Waals surface area contributed by atoms with E-state index in [1.807, 2.05) is 0 Å². The molecular weight excluding hydrogens is 202 g/mol. The third-order valence-electron chi connectivity index (χ3n) is 2.42. The first-order chi connectivity index (χ1) is 6.74. The smallest absolute Gasteiger partial charge is 0.238 e. The van der Waals surface area contributed by atoms with E-state index in [1.54, 1.807) is 6.92 Å². The van der Waals surface area contributed by atoms with Gasteiger partial charge in [0.2, 0.25) is 5.91 Å². The van der Waals surface area contributed by atoms with Crippen molar-refractivity contribution in [1.29, 1.82) is 0 Å². The summed E-state index contributed by atoms with van der Waals surface area (Å²) in [5, 5.41) is 0. The quantitative estimate of drug-likeness (QED) is 0.547. The molecule has 0 fully saturated rings. The predicted octanol–water partition coefficient (Wildman–Crippen LogP) is 3.32. The van der Waals surface area contributed by atoms with Crippen molar-refractivity contribution >= 4 is 14.1 Å². The van der Waals surface area contributed by atoms with Crippen molar-refractivity contribution in [3.63, 3.8) is 0 Å². The Morgan fingerprint density at radius 1 is 1.40 bits per heavy atom. The molecule has 0 radical (unpaired) electrons. The van der Waals surface area contributed by atoms with Gasteiger partial charge in [0.15, 0.2) is 8.24 Å². The summed E-state index contributed by atoms with van der Waals surface area (Å²) < 4.78 is 0. The highest BCUT2D eigenvalue weighted by molar-refractivity contribution is 6.77.